The Kier molecular flexibility index (Phi) is 5.67. The minimum absolute atomic E-state index is 0.224. The first-order chi connectivity index (χ1) is 10.1. The average molecular weight is 319 g/mol. The third kappa shape index (κ3) is 3.63. The van der Waals surface area contributed by atoms with Crippen molar-refractivity contribution in [3.63, 3.8) is 0 Å². The fraction of sp³-hybridized carbons (Fsp3) is 0.733. The zero-order valence-corrected chi connectivity index (χ0v) is 13.3. The van der Waals surface area contributed by atoms with E-state index in [4.69, 9.17) is 4.74 Å². The molecule has 0 radical (unpaired) electrons. The van der Waals surface area contributed by atoms with Crippen molar-refractivity contribution in [1.82, 2.24) is 4.90 Å². The van der Waals surface area contributed by atoms with Crippen molar-refractivity contribution in [1.29, 1.82) is 0 Å². The summed E-state index contributed by atoms with van der Waals surface area (Å²) in [6.45, 7) is 7.27. The fourth-order valence-corrected chi connectivity index (χ4v) is 2.27. The standard InChI is InChI=1S/C15H23F2NO4/c1-5-18(6-2)13(21)22-12-11(20)15(16,17)10(19)8-7-9-14(12,3)4/h7-8,10,12,19H,5-6,9H2,1-4H3/b8-7-. The van der Waals surface area contributed by atoms with E-state index in [-0.39, 0.29) is 6.42 Å². The largest absolute Gasteiger partial charge is 0.437 e. The second-order valence-electron chi connectivity index (χ2n) is 5.99. The predicted molar refractivity (Wildman–Crippen MR) is 76.7 cm³/mol. The highest BCUT2D eigenvalue weighted by Crippen LogP contribution is 2.37. The van der Waals surface area contributed by atoms with Crippen molar-refractivity contribution in [3.05, 3.63) is 12.2 Å². The molecule has 0 aliphatic heterocycles. The number of ketones is 1. The summed E-state index contributed by atoms with van der Waals surface area (Å²) in [6.07, 6.45) is -2.15. The molecule has 126 valence electrons. The first-order valence-corrected chi connectivity index (χ1v) is 7.30. The minimum Gasteiger partial charge on any atom is -0.437 e. The Bertz CT molecular complexity index is 458. The van der Waals surface area contributed by atoms with Gasteiger partial charge in [-0.05, 0) is 20.3 Å². The smallest absolute Gasteiger partial charge is 0.410 e. The third-order valence-electron chi connectivity index (χ3n) is 3.85. The van der Waals surface area contributed by atoms with E-state index < -0.39 is 35.4 Å². The van der Waals surface area contributed by atoms with E-state index >= 15 is 0 Å². The number of Topliss-reactive ketones (excluding diaryl/α,β-unsaturated/α-hetero) is 1. The van der Waals surface area contributed by atoms with E-state index in [2.05, 4.69) is 0 Å². The first-order valence-electron chi connectivity index (χ1n) is 7.30. The van der Waals surface area contributed by atoms with Crippen molar-refractivity contribution in [2.45, 2.75) is 52.2 Å². The number of allylic oxidation sites excluding steroid dienone is 1. The third-order valence-corrected chi connectivity index (χ3v) is 3.85. The molecule has 0 aromatic heterocycles. The Morgan fingerprint density at radius 2 is 1.95 bits per heavy atom. The number of carbonyl (C=O) groups is 2. The summed E-state index contributed by atoms with van der Waals surface area (Å²) in [5.74, 6) is -5.57. The molecule has 0 fully saturated rings. The van der Waals surface area contributed by atoms with Crippen LogP contribution < -0.4 is 0 Å². The first kappa shape index (κ1) is 18.5. The quantitative estimate of drug-likeness (QED) is 0.811. The van der Waals surface area contributed by atoms with Crippen LogP contribution in [0.25, 0.3) is 0 Å². The summed E-state index contributed by atoms with van der Waals surface area (Å²) < 4.78 is 33.1. The van der Waals surface area contributed by atoms with E-state index in [1.807, 2.05) is 0 Å². The number of hydrogen-bond donors (Lipinski definition) is 1. The average Bonchev–Trinajstić information content (AvgIpc) is 2.43. The lowest BCUT2D eigenvalue weighted by molar-refractivity contribution is -0.171. The molecule has 2 atom stereocenters. The summed E-state index contributed by atoms with van der Waals surface area (Å²) >= 11 is 0. The molecule has 7 heteroatoms. The molecule has 0 aromatic rings. The molecule has 0 saturated heterocycles. The fourth-order valence-electron chi connectivity index (χ4n) is 2.27. The molecular weight excluding hydrogens is 296 g/mol. The van der Waals surface area contributed by atoms with Crippen LogP contribution in [-0.4, -0.2) is 53.1 Å². The molecule has 1 aliphatic rings. The second kappa shape index (κ2) is 6.73. The molecule has 22 heavy (non-hydrogen) atoms. The van der Waals surface area contributed by atoms with Crippen LogP contribution in [0.2, 0.25) is 0 Å². The van der Waals surface area contributed by atoms with Crippen LogP contribution in [-0.2, 0) is 9.53 Å². The summed E-state index contributed by atoms with van der Waals surface area (Å²) in [7, 11) is 0. The number of carbonyl (C=O) groups excluding carboxylic acids is 2. The summed E-state index contributed by atoms with van der Waals surface area (Å²) in [5, 5.41) is 9.43. The maximum absolute atomic E-state index is 14.0. The molecule has 0 saturated carbocycles. The maximum atomic E-state index is 14.0. The number of nitrogens with zero attached hydrogens (tertiary/aromatic N) is 1. The summed E-state index contributed by atoms with van der Waals surface area (Å²) in [4.78, 5) is 25.5. The van der Waals surface area contributed by atoms with Crippen LogP contribution in [0.3, 0.4) is 0 Å². The molecule has 0 heterocycles. The maximum Gasteiger partial charge on any atom is 0.410 e. The van der Waals surface area contributed by atoms with Gasteiger partial charge in [-0.25, -0.2) is 4.79 Å². The number of alkyl halides is 2. The van der Waals surface area contributed by atoms with E-state index in [1.165, 1.54) is 11.0 Å². The van der Waals surface area contributed by atoms with Gasteiger partial charge < -0.3 is 14.7 Å². The molecule has 2 unspecified atom stereocenters. The van der Waals surface area contributed by atoms with Gasteiger partial charge in [0.2, 0.25) is 5.78 Å². The van der Waals surface area contributed by atoms with Gasteiger partial charge in [-0.15, -0.1) is 0 Å². The number of hydrogen-bond acceptors (Lipinski definition) is 4. The van der Waals surface area contributed by atoms with Crippen molar-refractivity contribution >= 4 is 11.9 Å². The Labute approximate surface area is 128 Å². The summed E-state index contributed by atoms with van der Waals surface area (Å²) in [5.41, 5.74) is -1.00. The predicted octanol–water partition coefficient (Wildman–Crippen LogP) is 2.38. The van der Waals surface area contributed by atoms with Gasteiger partial charge in [-0.3, -0.25) is 4.79 Å². The topological polar surface area (TPSA) is 66.8 Å². The highest BCUT2D eigenvalue weighted by molar-refractivity contribution is 5.93. The SMILES string of the molecule is CCN(CC)C(=O)OC1C(=O)C(F)(F)C(O)/C=C\CC1(C)C. The van der Waals surface area contributed by atoms with Gasteiger partial charge in [-0.1, -0.05) is 26.0 Å². The Hall–Kier alpha value is -1.50. The van der Waals surface area contributed by atoms with E-state index in [1.54, 1.807) is 27.7 Å². The van der Waals surface area contributed by atoms with Crippen LogP contribution in [0, 0.1) is 5.41 Å². The van der Waals surface area contributed by atoms with Crippen molar-refractivity contribution in [3.8, 4) is 0 Å². The number of aliphatic hydroxyl groups excluding tert-OH is 1. The second-order valence-corrected chi connectivity index (χ2v) is 5.99. The molecule has 1 rings (SSSR count). The zero-order chi connectivity index (χ0) is 17.1. The number of aliphatic hydroxyl groups is 1. The lowest BCUT2D eigenvalue weighted by Gasteiger charge is -2.37. The molecule has 0 spiro atoms. The van der Waals surface area contributed by atoms with Gasteiger partial charge in [-0.2, -0.15) is 8.78 Å². The monoisotopic (exact) mass is 319 g/mol. The Balaban J connectivity index is 3.13. The van der Waals surface area contributed by atoms with Gasteiger partial charge in [0.25, 0.3) is 0 Å². The molecule has 5 nitrogen and oxygen atoms in total. The van der Waals surface area contributed by atoms with Crippen molar-refractivity contribution in [2.24, 2.45) is 5.41 Å². The van der Waals surface area contributed by atoms with E-state index in [9.17, 15) is 23.5 Å². The number of halogens is 2. The zero-order valence-electron chi connectivity index (χ0n) is 13.3. The Morgan fingerprint density at radius 3 is 2.45 bits per heavy atom. The number of ether oxygens (including phenoxy) is 1. The Morgan fingerprint density at radius 1 is 1.41 bits per heavy atom. The molecule has 0 bridgehead atoms. The van der Waals surface area contributed by atoms with Crippen LogP contribution >= 0.6 is 0 Å². The van der Waals surface area contributed by atoms with Crippen LogP contribution in [0.5, 0.6) is 0 Å². The highest BCUT2D eigenvalue weighted by Gasteiger charge is 2.54. The lowest BCUT2D eigenvalue weighted by Crippen LogP contribution is -2.54. The van der Waals surface area contributed by atoms with Crippen LogP contribution in [0.15, 0.2) is 12.2 Å². The molecule has 0 aromatic carbocycles. The molecule has 1 aliphatic carbocycles. The van der Waals surface area contributed by atoms with Gasteiger partial charge in [0, 0.05) is 18.5 Å². The summed E-state index contributed by atoms with van der Waals surface area (Å²) in [6, 6.07) is 0. The van der Waals surface area contributed by atoms with Gasteiger partial charge in [0.15, 0.2) is 6.10 Å². The van der Waals surface area contributed by atoms with E-state index in [0.29, 0.717) is 13.1 Å². The van der Waals surface area contributed by atoms with Gasteiger partial charge >= 0.3 is 12.0 Å². The lowest BCUT2D eigenvalue weighted by atomic mass is 9.77. The number of rotatable bonds is 3. The van der Waals surface area contributed by atoms with E-state index in [0.717, 1.165) is 6.08 Å². The minimum atomic E-state index is -4.00. The number of amides is 1. The van der Waals surface area contributed by atoms with Gasteiger partial charge in [0.1, 0.15) is 6.10 Å². The van der Waals surface area contributed by atoms with Crippen molar-refractivity contribution < 1.29 is 28.2 Å². The normalized spacial score (nSPS) is 28.4. The molecular formula is C15H23F2NO4. The van der Waals surface area contributed by atoms with Crippen LogP contribution in [0.4, 0.5) is 13.6 Å². The van der Waals surface area contributed by atoms with Crippen LogP contribution in [0.1, 0.15) is 34.1 Å². The van der Waals surface area contributed by atoms with Gasteiger partial charge in [0.05, 0.1) is 0 Å². The van der Waals surface area contributed by atoms with Crippen molar-refractivity contribution in [2.75, 3.05) is 13.1 Å². The highest BCUT2D eigenvalue weighted by atomic mass is 19.3. The molecule has 1 amide bonds. The molecule has 1 N–H and O–H groups in total.